The van der Waals surface area contributed by atoms with Crippen LogP contribution in [0.25, 0.3) is 0 Å². The van der Waals surface area contributed by atoms with Crippen molar-refractivity contribution in [2.75, 3.05) is 0 Å². The Balaban J connectivity index is 1.54. The van der Waals surface area contributed by atoms with E-state index in [4.69, 9.17) is 4.74 Å². The largest absolute Gasteiger partial charge is 0.444 e. The summed E-state index contributed by atoms with van der Waals surface area (Å²) in [6.45, 7) is 3.70. The van der Waals surface area contributed by atoms with Gasteiger partial charge in [-0.2, -0.15) is 8.78 Å². The highest BCUT2D eigenvalue weighted by Crippen LogP contribution is 2.59. The molecule has 0 bridgehead atoms. The van der Waals surface area contributed by atoms with Gasteiger partial charge in [-0.1, -0.05) is 44.2 Å². The molecule has 132 valence electrons. The van der Waals surface area contributed by atoms with Crippen LogP contribution in [0.4, 0.5) is 8.78 Å². The van der Waals surface area contributed by atoms with Gasteiger partial charge in [0.1, 0.15) is 0 Å². The van der Waals surface area contributed by atoms with Crippen LogP contribution in [0.15, 0.2) is 60.9 Å². The van der Waals surface area contributed by atoms with Crippen molar-refractivity contribution in [3.8, 4) is 0 Å². The molecule has 0 spiro atoms. The van der Waals surface area contributed by atoms with E-state index in [0.717, 1.165) is 18.1 Å². The van der Waals surface area contributed by atoms with Gasteiger partial charge in [0.25, 0.3) is 6.08 Å². The van der Waals surface area contributed by atoms with Gasteiger partial charge in [-0.15, -0.1) is 0 Å². The van der Waals surface area contributed by atoms with Crippen molar-refractivity contribution >= 4 is 5.97 Å². The van der Waals surface area contributed by atoms with Crippen LogP contribution in [-0.2, 0) is 22.7 Å². The number of benzene rings is 1. The molecule has 1 saturated carbocycles. The Morgan fingerprint density at radius 1 is 1.20 bits per heavy atom. The van der Waals surface area contributed by atoms with Crippen molar-refractivity contribution in [1.29, 1.82) is 0 Å². The van der Waals surface area contributed by atoms with Crippen molar-refractivity contribution in [2.45, 2.75) is 27.0 Å². The zero-order chi connectivity index (χ0) is 18.0. The Bertz CT molecular complexity index is 776. The van der Waals surface area contributed by atoms with Gasteiger partial charge in [0.15, 0.2) is 6.73 Å². The van der Waals surface area contributed by atoms with Gasteiger partial charge in [0.2, 0.25) is 0 Å². The van der Waals surface area contributed by atoms with E-state index >= 15 is 0 Å². The molecule has 1 aromatic carbocycles. The Kier molecular flexibility index (Phi) is 4.75. The summed E-state index contributed by atoms with van der Waals surface area (Å²) in [5.74, 6) is -1.39. The number of carbonyl (C=O) groups is 1. The van der Waals surface area contributed by atoms with Crippen LogP contribution < -0.4 is 0 Å². The number of aromatic nitrogens is 1. The normalized spacial score (nSPS) is 20.8. The fourth-order valence-corrected chi connectivity index (χ4v) is 3.31. The molecule has 1 heterocycles. The second kappa shape index (κ2) is 6.82. The van der Waals surface area contributed by atoms with Crippen LogP contribution in [0.2, 0.25) is 0 Å². The molecule has 3 rings (SSSR count). The monoisotopic (exact) mass is 345 g/mol. The number of nitrogens with zero attached hydrogens (tertiary/aromatic N) is 1. The maximum Gasteiger partial charge on any atom is 0.311 e. The van der Waals surface area contributed by atoms with E-state index in [1.807, 2.05) is 36.7 Å². The molecule has 0 N–H and O–H groups in total. The minimum atomic E-state index is -1.75. The molecule has 25 heavy (non-hydrogen) atoms. The van der Waals surface area contributed by atoms with E-state index < -0.39 is 29.3 Å². The lowest BCUT2D eigenvalue weighted by molar-refractivity contribution is -0.150. The molecule has 1 fully saturated rings. The van der Waals surface area contributed by atoms with Gasteiger partial charge in [0, 0.05) is 18.3 Å². The minimum absolute atomic E-state index is 0.0920. The molecule has 0 radical (unpaired) electrons. The first-order valence-corrected chi connectivity index (χ1v) is 8.26. The quantitative estimate of drug-likeness (QED) is 0.715. The van der Waals surface area contributed by atoms with Crippen molar-refractivity contribution in [2.24, 2.45) is 17.3 Å². The summed E-state index contributed by atoms with van der Waals surface area (Å²) in [7, 11) is 0. The number of halogens is 2. The van der Waals surface area contributed by atoms with Crippen LogP contribution in [0, 0.1) is 17.3 Å². The van der Waals surface area contributed by atoms with Gasteiger partial charge < -0.3 is 9.30 Å². The number of hydrogen-bond donors (Lipinski definition) is 0. The van der Waals surface area contributed by atoms with E-state index in [0.29, 0.717) is 0 Å². The average molecular weight is 345 g/mol. The van der Waals surface area contributed by atoms with Gasteiger partial charge in [-0.25, -0.2) is 0 Å². The summed E-state index contributed by atoms with van der Waals surface area (Å²) < 4.78 is 32.0. The summed E-state index contributed by atoms with van der Waals surface area (Å²) in [6, 6.07) is 12.1. The molecule has 5 heteroatoms. The Labute approximate surface area is 145 Å². The van der Waals surface area contributed by atoms with Crippen LogP contribution in [0.5, 0.6) is 0 Å². The fraction of sp³-hybridized carbons (Fsp3) is 0.350. The van der Waals surface area contributed by atoms with Crippen LogP contribution in [0.1, 0.15) is 25.0 Å². The first kappa shape index (κ1) is 17.4. The lowest BCUT2D eigenvalue weighted by atomic mass is 10.1. The van der Waals surface area contributed by atoms with Crippen molar-refractivity contribution in [3.05, 3.63) is 72.1 Å². The maximum atomic E-state index is 12.4. The predicted octanol–water partition coefficient (Wildman–Crippen LogP) is 4.63. The zero-order valence-corrected chi connectivity index (χ0v) is 14.3. The highest BCUT2D eigenvalue weighted by atomic mass is 19.3. The van der Waals surface area contributed by atoms with E-state index in [-0.39, 0.29) is 6.73 Å². The van der Waals surface area contributed by atoms with E-state index in [9.17, 15) is 13.6 Å². The van der Waals surface area contributed by atoms with Crippen LogP contribution >= 0.6 is 0 Å². The molecule has 0 saturated heterocycles. The zero-order valence-electron chi connectivity index (χ0n) is 14.3. The summed E-state index contributed by atoms with van der Waals surface area (Å²) in [6.07, 6.45) is 3.70. The molecule has 1 aromatic heterocycles. The van der Waals surface area contributed by atoms with E-state index in [1.165, 1.54) is 5.56 Å². The Morgan fingerprint density at radius 2 is 1.92 bits per heavy atom. The summed E-state index contributed by atoms with van der Waals surface area (Å²) in [4.78, 5) is 12.2. The average Bonchev–Trinajstić information content (AvgIpc) is 2.90. The molecule has 3 nitrogen and oxygen atoms in total. The number of rotatable bonds is 6. The number of esters is 1. The summed E-state index contributed by atoms with van der Waals surface area (Å²) in [5, 5.41) is 0. The predicted molar refractivity (Wildman–Crippen MR) is 90.8 cm³/mol. The molecule has 2 atom stereocenters. The van der Waals surface area contributed by atoms with Crippen molar-refractivity contribution < 1.29 is 18.3 Å². The van der Waals surface area contributed by atoms with Gasteiger partial charge in [0.05, 0.1) is 5.92 Å². The molecular weight excluding hydrogens is 324 g/mol. The van der Waals surface area contributed by atoms with Crippen molar-refractivity contribution in [3.63, 3.8) is 0 Å². The smallest absolute Gasteiger partial charge is 0.311 e. The van der Waals surface area contributed by atoms with Gasteiger partial charge in [-0.05, 0) is 35.1 Å². The maximum absolute atomic E-state index is 12.4. The lowest BCUT2D eigenvalue weighted by Crippen LogP contribution is -2.13. The summed E-state index contributed by atoms with van der Waals surface area (Å²) in [5.41, 5.74) is 1.85. The molecule has 2 unspecified atom stereocenters. The Morgan fingerprint density at radius 3 is 2.60 bits per heavy atom. The Hall–Kier alpha value is -2.43. The second-order valence-electron chi connectivity index (χ2n) is 7.07. The summed E-state index contributed by atoms with van der Waals surface area (Å²) >= 11 is 0. The molecule has 0 aliphatic heterocycles. The molecule has 2 aromatic rings. The van der Waals surface area contributed by atoms with Gasteiger partial charge >= 0.3 is 5.97 Å². The van der Waals surface area contributed by atoms with Crippen molar-refractivity contribution in [1.82, 2.24) is 4.57 Å². The van der Waals surface area contributed by atoms with E-state index in [2.05, 4.69) is 12.1 Å². The molecule has 1 aliphatic rings. The fourth-order valence-electron chi connectivity index (χ4n) is 3.31. The first-order valence-electron chi connectivity index (χ1n) is 8.26. The highest BCUT2D eigenvalue weighted by molar-refractivity contribution is 5.78. The second-order valence-corrected chi connectivity index (χ2v) is 7.07. The van der Waals surface area contributed by atoms with E-state index in [1.54, 1.807) is 18.4 Å². The lowest BCUT2D eigenvalue weighted by Gasteiger charge is -2.06. The highest BCUT2D eigenvalue weighted by Gasteiger charge is 2.62. The number of ether oxygens (including phenoxy) is 1. The third-order valence-corrected chi connectivity index (χ3v) is 4.89. The van der Waals surface area contributed by atoms with Crippen LogP contribution in [0.3, 0.4) is 0 Å². The number of carbonyl (C=O) groups excluding carboxylic acids is 1. The molecular formula is C20H21F2NO2. The molecule has 1 aliphatic carbocycles. The third-order valence-electron chi connectivity index (χ3n) is 4.89. The number of allylic oxidation sites excluding steroid dienone is 1. The standard InChI is InChI=1S/C20H21F2NO2/c1-20(2)16(11-17(21)22)18(20)19(24)25-13-23-9-8-15(12-23)10-14-6-4-3-5-7-14/h3-9,11-12,16,18H,10,13H2,1-2H3. The molecule has 0 amide bonds. The number of hydrogen-bond acceptors (Lipinski definition) is 2. The van der Waals surface area contributed by atoms with Crippen LogP contribution in [-0.4, -0.2) is 10.5 Å². The first-order chi connectivity index (χ1) is 11.9. The third kappa shape index (κ3) is 3.98. The minimum Gasteiger partial charge on any atom is -0.444 e. The topological polar surface area (TPSA) is 31.2 Å². The van der Waals surface area contributed by atoms with Gasteiger partial charge in [-0.3, -0.25) is 4.79 Å². The SMILES string of the molecule is CC1(C)C(C=C(F)F)C1C(=O)OCn1ccc(Cc2ccccc2)c1.